The van der Waals surface area contributed by atoms with Crippen molar-refractivity contribution >= 4 is 38.4 Å². The number of nitrogens with zero attached hydrogens (tertiary/aromatic N) is 1. The van der Waals surface area contributed by atoms with Crippen molar-refractivity contribution in [3.8, 4) is 0 Å². The van der Waals surface area contributed by atoms with Gasteiger partial charge in [0.15, 0.2) is 5.13 Å². The van der Waals surface area contributed by atoms with Crippen LogP contribution in [0.1, 0.15) is 0 Å². The van der Waals surface area contributed by atoms with Crippen LogP contribution in [0.5, 0.6) is 0 Å². The fourth-order valence-corrected chi connectivity index (χ4v) is 2.82. The number of hydrogen-bond donors (Lipinski definition) is 1. The lowest BCUT2D eigenvalue weighted by atomic mass is 10.3. The molecular formula is C12H14N2S2. The van der Waals surface area contributed by atoms with Gasteiger partial charge in [-0.05, 0) is 12.1 Å². The summed E-state index contributed by atoms with van der Waals surface area (Å²) in [5.74, 6) is 2.10. The Hall–Kier alpha value is -1.00. The third-order valence-electron chi connectivity index (χ3n) is 2.05. The van der Waals surface area contributed by atoms with Crippen LogP contribution in [0.3, 0.4) is 0 Å². The van der Waals surface area contributed by atoms with Gasteiger partial charge in [-0.3, -0.25) is 0 Å². The highest BCUT2D eigenvalue weighted by Crippen LogP contribution is 2.25. The van der Waals surface area contributed by atoms with Crippen molar-refractivity contribution in [2.45, 2.75) is 0 Å². The first-order valence-electron chi connectivity index (χ1n) is 5.18. The number of fused-ring (bicyclic) bond motifs is 1. The van der Waals surface area contributed by atoms with Crippen LogP contribution in [-0.4, -0.2) is 23.0 Å². The third kappa shape index (κ3) is 3.00. The van der Waals surface area contributed by atoms with Crippen LogP contribution in [0.2, 0.25) is 0 Å². The monoisotopic (exact) mass is 250 g/mol. The molecule has 0 radical (unpaired) electrons. The Bertz CT molecular complexity index is 432. The fraction of sp³-hybridized carbons (Fsp3) is 0.250. The minimum Gasteiger partial charge on any atom is -0.361 e. The summed E-state index contributed by atoms with van der Waals surface area (Å²) in [6.45, 7) is 4.65. The smallest absolute Gasteiger partial charge is 0.183 e. The topological polar surface area (TPSA) is 24.9 Å². The first-order valence-corrected chi connectivity index (χ1v) is 7.15. The summed E-state index contributed by atoms with van der Waals surface area (Å²) in [6, 6.07) is 8.21. The molecule has 0 atom stereocenters. The predicted octanol–water partition coefficient (Wildman–Crippen LogP) is 3.63. The highest BCUT2D eigenvalue weighted by atomic mass is 32.2. The van der Waals surface area contributed by atoms with Gasteiger partial charge in [-0.15, -0.1) is 6.58 Å². The van der Waals surface area contributed by atoms with Gasteiger partial charge in [0.25, 0.3) is 0 Å². The van der Waals surface area contributed by atoms with E-state index in [-0.39, 0.29) is 0 Å². The molecule has 0 aliphatic rings. The summed E-state index contributed by atoms with van der Waals surface area (Å²) < 4.78 is 1.24. The van der Waals surface area contributed by atoms with E-state index < -0.39 is 0 Å². The maximum Gasteiger partial charge on any atom is 0.183 e. The summed E-state index contributed by atoms with van der Waals surface area (Å²) >= 11 is 3.59. The lowest BCUT2D eigenvalue weighted by Crippen LogP contribution is -2.03. The Morgan fingerprint density at radius 2 is 2.31 bits per heavy atom. The third-order valence-corrected chi connectivity index (χ3v) is 4.01. The van der Waals surface area contributed by atoms with E-state index in [1.54, 1.807) is 11.3 Å². The first kappa shape index (κ1) is 11.5. The van der Waals surface area contributed by atoms with E-state index in [9.17, 15) is 0 Å². The lowest BCUT2D eigenvalue weighted by Gasteiger charge is -2.00. The van der Waals surface area contributed by atoms with E-state index in [4.69, 9.17) is 0 Å². The molecule has 0 saturated carbocycles. The second-order valence-electron chi connectivity index (χ2n) is 3.28. The van der Waals surface area contributed by atoms with E-state index in [0.29, 0.717) is 0 Å². The van der Waals surface area contributed by atoms with Crippen LogP contribution in [-0.2, 0) is 0 Å². The van der Waals surface area contributed by atoms with Gasteiger partial charge in [-0.1, -0.05) is 29.5 Å². The maximum atomic E-state index is 4.51. The number of nitrogens with one attached hydrogen (secondary N) is 1. The molecule has 0 aliphatic carbocycles. The van der Waals surface area contributed by atoms with Crippen molar-refractivity contribution in [1.29, 1.82) is 0 Å². The van der Waals surface area contributed by atoms with Crippen molar-refractivity contribution in [3.63, 3.8) is 0 Å². The molecule has 1 heterocycles. The standard InChI is InChI=1S/C12H14N2S2/c1-2-8-15-9-7-13-12-14-10-5-3-4-6-11(10)16-12/h2-6H,1,7-9H2,(H,13,14). The summed E-state index contributed by atoms with van der Waals surface area (Å²) in [4.78, 5) is 4.51. The van der Waals surface area contributed by atoms with Crippen LogP contribution >= 0.6 is 23.1 Å². The Kier molecular flexibility index (Phi) is 4.25. The molecule has 2 nitrogen and oxygen atoms in total. The molecule has 0 aliphatic heterocycles. The number of aromatic nitrogens is 1. The zero-order valence-electron chi connectivity index (χ0n) is 8.98. The molecule has 0 unspecified atom stereocenters. The normalized spacial score (nSPS) is 10.5. The molecule has 16 heavy (non-hydrogen) atoms. The van der Waals surface area contributed by atoms with Gasteiger partial charge >= 0.3 is 0 Å². The molecule has 1 aromatic carbocycles. The minimum absolute atomic E-state index is 0.957. The van der Waals surface area contributed by atoms with E-state index >= 15 is 0 Å². The number of para-hydroxylation sites is 1. The van der Waals surface area contributed by atoms with Gasteiger partial charge in [0.05, 0.1) is 10.2 Å². The lowest BCUT2D eigenvalue weighted by molar-refractivity contribution is 1.21. The van der Waals surface area contributed by atoms with Gasteiger partial charge in [0.2, 0.25) is 0 Å². The maximum absolute atomic E-state index is 4.51. The molecule has 1 N–H and O–H groups in total. The Morgan fingerprint density at radius 3 is 3.12 bits per heavy atom. The Labute approximate surface area is 104 Å². The summed E-state index contributed by atoms with van der Waals surface area (Å²) in [5.41, 5.74) is 1.08. The van der Waals surface area contributed by atoms with Crippen molar-refractivity contribution in [2.24, 2.45) is 0 Å². The average molecular weight is 250 g/mol. The average Bonchev–Trinajstić information content (AvgIpc) is 2.71. The van der Waals surface area contributed by atoms with Crippen LogP contribution in [0.15, 0.2) is 36.9 Å². The zero-order valence-corrected chi connectivity index (χ0v) is 10.6. The molecule has 0 saturated heterocycles. The van der Waals surface area contributed by atoms with Gasteiger partial charge in [0.1, 0.15) is 0 Å². The highest BCUT2D eigenvalue weighted by Gasteiger charge is 2.01. The molecular weight excluding hydrogens is 236 g/mol. The Balaban J connectivity index is 1.87. The molecule has 84 valence electrons. The molecule has 1 aromatic heterocycles. The van der Waals surface area contributed by atoms with Crippen LogP contribution in [0, 0.1) is 0 Å². The molecule has 0 amide bonds. The van der Waals surface area contributed by atoms with E-state index in [0.717, 1.165) is 28.7 Å². The van der Waals surface area contributed by atoms with E-state index in [2.05, 4.69) is 22.9 Å². The molecule has 2 aromatic rings. The Morgan fingerprint density at radius 1 is 1.44 bits per heavy atom. The summed E-state index contributed by atoms with van der Waals surface area (Å²) in [6.07, 6.45) is 1.93. The molecule has 4 heteroatoms. The number of thioether (sulfide) groups is 1. The molecule has 2 rings (SSSR count). The molecule has 0 spiro atoms. The first-order chi connectivity index (χ1) is 7.90. The number of hydrogen-bond acceptors (Lipinski definition) is 4. The minimum atomic E-state index is 0.957. The largest absolute Gasteiger partial charge is 0.361 e. The summed E-state index contributed by atoms with van der Waals surface area (Å²) in [7, 11) is 0. The number of anilines is 1. The second kappa shape index (κ2) is 5.92. The van der Waals surface area contributed by atoms with Gasteiger partial charge in [0, 0.05) is 18.1 Å². The quantitative estimate of drug-likeness (QED) is 0.626. The second-order valence-corrected chi connectivity index (χ2v) is 5.46. The number of thiazole rings is 1. The van der Waals surface area contributed by atoms with Crippen LogP contribution in [0.4, 0.5) is 5.13 Å². The van der Waals surface area contributed by atoms with Gasteiger partial charge in [-0.2, -0.15) is 11.8 Å². The van der Waals surface area contributed by atoms with Crippen molar-refractivity contribution in [2.75, 3.05) is 23.4 Å². The van der Waals surface area contributed by atoms with Gasteiger partial charge in [-0.25, -0.2) is 4.98 Å². The van der Waals surface area contributed by atoms with Crippen molar-refractivity contribution in [3.05, 3.63) is 36.9 Å². The van der Waals surface area contributed by atoms with E-state index in [1.165, 1.54) is 4.70 Å². The predicted molar refractivity (Wildman–Crippen MR) is 75.6 cm³/mol. The van der Waals surface area contributed by atoms with Crippen molar-refractivity contribution < 1.29 is 0 Å². The molecule has 0 bridgehead atoms. The van der Waals surface area contributed by atoms with Crippen molar-refractivity contribution in [1.82, 2.24) is 4.98 Å². The van der Waals surface area contributed by atoms with Gasteiger partial charge < -0.3 is 5.32 Å². The SMILES string of the molecule is C=CCSCCNc1nc2ccccc2s1. The fourth-order valence-electron chi connectivity index (χ4n) is 1.34. The highest BCUT2D eigenvalue weighted by molar-refractivity contribution is 7.99. The zero-order chi connectivity index (χ0) is 11.2. The summed E-state index contributed by atoms with van der Waals surface area (Å²) in [5, 5.41) is 4.36. The molecule has 0 fully saturated rings. The number of benzene rings is 1. The van der Waals surface area contributed by atoms with Crippen LogP contribution < -0.4 is 5.32 Å². The van der Waals surface area contributed by atoms with Crippen LogP contribution in [0.25, 0.3) is 10.2 Å². The number of rotatable bonds is 6. The van der Waals surface area contributed by atoms with E-state index in [1.807, 2.05) is 36.0 Å².